The zero-order valence-electron chi connectivity index (χ0n) is 14.1. The van der Waals surface area contributed by atoms with Crippen LogP contribution in [-0.4, -0.2) is 49.7 Å². The second-order valence-electron chi connectivity index (χ2n) is 6.36. The number of unbranched alkanes of at least 4 members (excludes halogenated alkanes) is 1. The summed E-state index contributed by atoms with van der Waals surface area (Å²) in [5.74, 6) is 0.635. The van der Waals surface area contributed by atoms with Crippen LogP contribution >= 0.6 is 0 Å². The SMILES string of the molecule is CCCCC(CC)COCC(O)CNC(C)C1CCCO1. The van der Waals surface area contributed by atoms with Crippen LogP contribution in [-0.2, 0) is 9.47 Å². The fourth-order valence-corrected chi connectivity index (χ4v) is 2.78. The molecule has 4 heteroatoms. The molecule has 0 aromatic rings. The van der Waals surface area contributed by atoms with E-state index in [1.807, 2.05) is 0 Å². The Hall–Kier alpha value is -0.160. The summed E-state index contributed by atoms with van der Waals surface area (Å²) in [7, 11) is 0. The van der Waals surface area contributed by atoms with Crippen molar-refractivity contribution in [3.63, 3.8) is 0 Å². The van der Waals surface area contributed by atoms with Crippen LogP contribution in [0.5, 0.6) is 0 Å². The maximum absolute atomic E-state index is 9.97. The van der Waals surface area contributed by atoms with E-state index >= 15 is 0 Å². The summed E-state index contributed by atoms with van der Waals surface area (Å²) in [5, 5.41) is 13.3. The molecule has 1 aliphatic heterocycles. The third kappa shape index (κ3) is 8.15. The lowest BCUT2D eigenvalue weighted by molar-refractivity contribution is 0.0144. The van der Waals surface area contributed by atoms with Gasteiger partial charge in [0.2, 0.25) is 0 Å². The third-order valence-corrected chi connectivity index (χ3v) is 4.41. The van der Waals surface area contributed by atoms with E-state index in [1.54, 1.807) is 0 Å². The van der Waals surface area contributed by atoms with Crippen LogP contribution in [0.15, 0.2) is 0 Å². The average molecular weight is 301 g/mol. The molecule has 0 bridgehead atoms. The van der Waals surface area contributed by atoms with Crippen LogP contribution in [0.3, 0.4) is 0 Å². The molecule has 21 heavy (non-hydrogen) atoms. The van der Waals surface area contributed by atoms with E-state index in [2.05, 4.69) is 26.1 Å². The van der Waals surface area contributed by atoms with Gasteiger partial charge < -0.3 is 19.9 Å². The molecule has 1 heterocycles. The molecule has 1 fully saturated rings. The maximum Gasteiger partial charge on any atom is 0.0897 e. The number of hydrogen-bond donors (Lipinski definition) is 2. The molecule has 0 aromatic carbocycles. The van der Waals surface area contributed by atoms with Crippen molar-refractivity contribution in [1.82, 2.24) is 5.32 Å². The molecular weight excluding hydrogens is 266 g/mol. The van der Waals surface area contributed by atoms with Gasteiger partial charge in [0.1, 0.15) is 0 Å². The Morgan fingerprint density at radius 2 is 2.14 bits per heavy atom. The third-order valence-electron chi connectivity index (χ3n) is 4.41. The van der Waals surface area contributed by atoms with Crippen molar-refractivity contribution in [2.24, 2.45) is 5.92 Å². The maximum atomic E-state index is 9.97. The number of hydrogen-bond acceptors (Lipinski definition) is 4. The molecule has 1 saturated heterocycles. The molecule has 0 radical (unpaired) electrons. The number of aliphatic hydroxyl groups is 1. The van der Waals surface area contributed by atoms with Crippen molar-refractivity contribution < 1.29 is 14.6 Å². The molecule has 0 aromatic heterocycles. The minimum absolute atomic E-state index is 0.301. The summed E-state index contributed by atoms with van der Waals surface area (Å²) in [6.07, 6.45) is 7.04. The van der Waals surface area contributed by atoms with Gasteiger partial charge in [-0.05, 0) is 32.1 Å². The number of nitrogens with one attached hydrogen (secondary N) is 1. The summed E-state index contributed by atoms with van der Waals surface area (Å²) in [5.41, 5.74) is 0. The lowest BCUT2D eigenvalue weighted by Gasteiger charge is -2.22. The van der Waals surface area contributed by atoms with E-state index in [9.17, 15) is 5.11 Å². The molecular formula is C17H35NO3. The van der Waals surface area contributed by atoms with Crippen LogP contribution in [0.2, 0.25) is 0 Å². The lowest BCUT2D eigenvalue weighted by Crippen LogP contribution is -2.42. The van der Waals surface area contributed by atoms with Gasteiger partial charge in [-0.1, -0.05) is 33.1 Å². The van der Waals surface area contributed by atoms with E-state index in [4.69, 9.17) is 9.47 Å². The molecule has 0 aliphatic carbocycles. The minimum Gasteiger partial charge on any atom is -0.389 e. The Morgan fingerprint density at radius 1 is 1.33 bits per heavy atom. The van der Waals surface area contributed by atoms with Crippen molar-refractivity contribution in [3.8, 4) is 0 Å². The van der Waals surface area contributed by atoms with Crippen LogP contribution in [0.1, 0.15) is 59.3 Å². The molecule has 0 spiro atoms. The highest BCUT2D eigenvalue weighted by Crippen LogP contribution is 2.15. The fourth-order valence-electron chi connectivity index (χ4n) is 2.78. The summed E-state index contributed by atoms with van der Waals surface area (Å²) >= 11 is 0. The van der Waals surface area contributed by atoms with Crippen molar-refractivity contribution in [2.75, 3.05) is 26.4 Å². The van der Waals surface area contributed by atoms with Crippen molar-refractivity contribution in [1.29, 1.82) is 0 Å². The van der Waals surface area contributed by atoms with Gasteiger partial charge >= 0.3 is 0 Å². The van der Waals surface area contributed by atoms with Crippen LogP contribution in [0.4, 0.5) is 0 Å². The van der Waals surface area contributed by atoms with Gasteiger partial charge in [-0.25, -0.2) is 0 Å². The molecule has 2 N–H and O–H groups in total. The van der Waals surface area contributed by atoms with Gasteiger partial charge in [0.15, 0.2) is 0 Å². The van der Waals surface area contributed by atoms with Crippen LogP contribution in [0, 0.1) is 5.92 Å². The minimum atomic E-state index is -0.433. The summed E-state index contributed by atoms with van der Waals surface area (Å²) < 4.78 is 11.3. The first-order valence-corrected chi connectivity index (χ1v) is 8.78. The first-order chi connectivity index (χ1) is 10.2. The largest absolute Gasteiger partial charge is 0.389 e. The van der Waals surface area contributed by atoms with Gasteiger partial charge in [0.25, 0.3) is 0 Å². The molecule has 4 atom stereocenters. The highest BCUT2D eigenvalue weighted by atomic mass is 16.5. The molecule has 1 aliphatic rings. The van der Waals surface area contributed by atoms with E-state index < -0.39 is 6.10 Å². The standard InChI is InChI=1S/C17H35NO3/c1-4-6-8-15(5-2)12-20-13-16(19)11-18-14(3)17-9-7-10-21-17/h14-19H,4-13H2,1-3H3. The molecule has 4 nitrogen and oxygen atoms in total. The first-order valence-electron chi connectivity index (χ1n) is 8.78. The average Bonchev–Trinajstić information content (AvgIpc) is 3.02. The topological polar surface area (TPSA) is 50.7 Å². The highest BCUT2D eigenvalue weighted by molar-refractivity contribution is 4.77. The van der Waals surface area contributed by atoms with E-state index in [-0.39, 0.29) is 0 Å². The zero-order chi connectivity index (χ0) is 15.5. The van der Waals surface area contributed by atoms with E-state index in [0.29, 0.717) is 31.2 Å². The van der Waals surface area contributed by atoms with E-state index in [1.165, 1.54) is 19.3 Å². The second kappa shape index (κ2) is 11.4. The zero-order valence-corrected chi connectivity index (χ0v) is 14.1. The molecule has 4 unspecified atom stereocenters. The summed E-state index contributed by atoms with van der Waals surface area (Å²) in [6.45, 7) is 9.21. The Bertz CT molecular complexity index is 244. The number of aliphatic hydroxyl groups excluding tert-OH is 1. The van der Waals surface area contributed by atoms with Crippen molar-refractivity contribution in [3.05, 3.63) is 0 Å². The Labute approximate surface area is 130 Å². The second-order valence-corrected chi connectivity index (χ2v) is 6.36. The molecule has 1 rings (SSSR count). The van der Waals surface area contributed by atoms with Gasteiger partial charge in [-0.15, -0.1) is 0 Å². The molecule has 126 valence electrons. The normalized spacial score (nSPS) is 23.1. The molecule has 0 saturated carbocycles. The Balaban J connectivity index is 2.05. The van der Waals surface area contributed by atoms with E-state index in [0.717, 1.165) is 32.5 Å². The Morgan fingerprint density at radius 3 is 2.76 bits per heavy atom. The van der Waals surface area contributed by atoms with Gasteiger partial charge in [-0.3, -0.25) is 0 Å². The predicted octanol–water partition coefficient (Wildman–Crippen LogP) is 2.74. The van der Waals surface area contributed by atoms with Gasteiger partial charge in [0, 0.05) is 25.8 Å². The van der Waals surface area contributed by atoms with Crippen molar-refractivity contribution in [2.45, 2.75) is 77.5 Å². The van der Waals surface area contributed by atoms with Crippen LogP contribution in [0.25, 0.3) is 0 Å². The lowest BCUT2D eigenvalue weighted by atomic mass is 10.0. The highest BCUT2D eigenvalue weighted by Gasteiger charge is 2.22. The monoisotopic (exact) mass is 301 g/mol. The van der Waals surface area contributed by atoms with Gasteiger partial charge in [-0.2, -0.15) is 0 Å². The quantitative estimate of drug-likeness (QED) is 0.582. The number of rotatable bonds is 12. The number of ether oxygens (including phenoxy) is 2. The fraction of sp³-hybridized carbons (Fsp3) is 1.00. The summed E-state index contributed by atoms with van der Waals surface area (Å²) in [6, 6.07) is 0.301. The van der Waals surface area contributed by atoms with Gasteiger partial charge in [0.05, 0.1) is 18.8 Å². The molecule has 0 amide bonds. The summed E-state index contributed by atoms with van der Waals surface area (Å²) in [4.78, 5) is 0. The van der Waals surface area contributed by atoms with Crippen molar-refractivity contribution >= 4 is 0 Å². The smallest absolute Gasteiger partial charge is 0.0897 e. The Kier molecular flexibility index (Phi) is 10.3. The van der Waals surface area contributed by atoms with Crippen LogP contribution < -0.4 is 5.32 Å². The first kappa shape index (κ1) is 18.9. The predicted molar refractivity (Wildman–Crippen MR) is 86.6 cm³/mol.